The number of nitrogens with one attached hydrogen (secondary N) is 2. The molecule has 6 aliphatic carbocycles. The summed E-state index contributed by atoms with van der Waals surface area (Å²) in [5.41, 5.74) is 24.3. The van der Waals surface area contributed by atoms with Gasteiger partial charge in [0.05, 0.1) is 89.9 Å². The molecule has 4 aromatic rings. The summed E-state index contributed by atoms with van der Waals surface area (Å²) in [6.07, 6.45) is 25.1. The van der Waals surface area contributed by atoms with Gasteiger partial charge >= 0.3 is 78.1 Å². The fourth-order valence-corrected chi connectivity index (χ4v) is 25.1. The minimum absolute atomic E-state index is 0. The van der Waals surface area contributed by atoms with Crippen LogP contribution in [0, 0.1) is 61.0 Å². The molecule has 8 aliphatic rings. The number of rotatable bonds is 23. The molecular weight excluding hydrogens is 2170 g/mol. The van der Waals surface area contributed by atoms with Gasteiger partial charge < -0.3 is 59.5 Å². The van der Waals surface area contributed by atoms with E-state index in [2.05, 4.69) is 204 Å². The predicted octanol–water partition coefficient (Wildman–Crippen LogP) is 23.0. The van der Waals surface area contributed by atoms with E-state index in [1.807, 2.05) is 13.8 Å². The topological polar surface area (TPSA) is 431 Å². The molecule has 2 aromatic heterocycles. The van der Waals surface area contributed by atoms with Crippen LogP contribution in [0.2, 0.25) is 72.5 Å². The minimum atomic E-state index is -2.04. The molecule has 139 heavy (non-hydrogen) atoms. The minimum Gasteiger partial charge on any atom is -0.481 e. The van der Waals surface area contributed by atoms with Gasteiger partial charge in [-0.2, -0.15) is 0 Å². The summed E-state index contributed by atoms with van der Waals surface area (Å²) in [6, 6.07) is 8.70. The molecule has 13 N–H and O–H groups in total. The second-order valence-electron chi connectivity index (χ2n) is 44.2. The fraction of sp³-hybridized carbons (Fsp3) is 0.743. The Kier molecular flexibility index (Phi) is 54.2. The number of aliphatic carboxylic acids is 2. The zero-order valence-electron chi connectivity index (χ0n) is 85.9. The third-order valence-electron chi connectivity index (χ3n) is 29.3. The van der Waals surface area contributed by atoms with Crippen LogP contribution < -0.4 is 28.3 Å². The molecule has 0 bridgehead atoms. The maximum absolute atomic E-state index is 13.7. The molecule has 38 heteroatoms. The van der Waals surface area contributed by atoms with Crippen LogP contribution in [-0.4, -0.2) is 177 Å². The average Bonchev–Trinajstić information content (AvgIpc) is 0.780. The van der Waals surface area contributed by atoms with Gasteiger partial charge in [0.2, 0.25) is 11.9 Å². The van der Waals surface area contributed by atoms with Gasteiger partial charge in [0, 0.05) is 52.8 Å². The van der Waals surface area contributed by atoms with Gasteiger partial charge in [-0.3, -0.25) is 29.2 Å². The van der Waals surface area contributed by atoms with Crippen LogP contribution in [0.1, 0.15) is 330 Å². The number of hydrogen-bond acceptors (Lipinski definition) is 27. The summed E-state index contributed by atoms with van der Waals surface area (Å²) in [4.78, 5) is 85.2. The molecule has 0 spiro atoms. The molecule has 2 aliphatic heterocycles. The molecular formula is C101H177Br2F2HgN11O18Si4. The van der Waals surface area contributed by atoms with Gasteiger partial charge in [0.15, 0.2) is 44.9 Å². The van der Waals surface area contributed by atoms with Crippen LogP contribution in [0.3, 0.4) is 0 Å². The van der Waals surface area contributed by atoms with Crippen LogP contribution in [0.15, 0.2) is 55.3 Å². The molecule has 2 aromatic carbocycles. The van der Waals surface area contributed by atoms with Gasteiger partial charge in [-0.15, -0.1) is 0 Å². The van der Waals surface area contributed by atoms with E-state index in [0.717, 1.165) is 148 Å². The number of aromatic nitrogens is 4. The van der Waals surface area contributed by atoms with Crippen molar-refractivity contribution in [3.63, 3.8) is 0 Å². The van der Waals surface area contributed by atoms with Crippen molar-refractivity contribution in [2.45, 2.75) is 421 Å². The van der Waals surface area contributed by atoms with Crippen LogP contribution >= 0.6 is 31.9 Å². The number of amidine groups is 2. The number of aliphatic hydroxyl groups is 3. The molecule has 4 heterocycles. The average molecular weight is 2340 g/mol. The predicted molar refractivity (Wildman–Crippen MR) is 563 cm³/mol. The Morgan fingerprint density at radius 2 is 0.719 bits per heavy atom. The zero-order chi connectivity index (χ0) is 102. The number of carboxylic acids is 2. The monoisotopic (exact) mass is 2340 g/mol. The molecule has 0 saturated heterocycles. The first kappa shape index (κ1) is 128. The van der Waals surface area contributed by atoms with Gasteiger partial charge in [0.1, 0.15) is 11.6 Å². The van der Waals surface area contributed by atoms with E-state index >= 15 is 0 Å². The third kappa shape index (κ3) is 42.5. The number of fused-ring (bicyclic) bond motifs is 2. The number of aliphatic imine (C=N–C) groups is 2. The number of carboxylic acid groups (broad SMARTS) is 2. The number of nitrogens with two attached hydrogens (primary N) is 3. The molecule has 6 saturated carbocycles. The van der Waals surface area contributed by atoms with Crippen molar-refractivity contribution < 1.29 is 116 Å². The first-order valence-corrected chi connectivity index (χ1v) is 66.7. The number of halogens is 4. The molecule has 6 fully saturated rings. The van der Waals surface area contributed by atoms with Crippen molar-refractivity contribution in [3.8, 4) is 0 Å². The summed E-state index contributed by atoms with van der Waals surface area (Å²) >= 11 is 4.89. The van der Waals surface area contributed by atoms with Crippen molar-refractivity contribution in [1.29, 1.82) is 0 Å². The van der Waals surface area contributed by atoms with Crippen LogP contribution in [0.4, 0.5) is 20.7 Å². The summed E-state index contributed by atoms with van der Waals surface area (Å²) in [5.74, 6) is 5.67. The summed E-state index contributed by atoms with van der Waals surface area (Å²) < 4.78 is 63.3. The largest absolute Gasteiger partial charge is 0.481 e. The van der Waals surface area contributed by atoms with Crippen LogP contribution in [0.5, 0.6) is 0 Å². The number of carbonyl (C=O) groups excluding carboxylic acids is 2. The smallest absolute Gasteiger partial charge is 0.306 e. The van der Waals surface area contributed by atoms with Crippen molar-refractivity contribution in [2.24, 2.45) is 51.4 Å². The van der Waals surface area contributed by atoms with Crippen molar-refractivity contribution in [1.82, 2.24) is 30.9 Å². The number of hydrogen-bond donors (Lipinski definition) is 10. The standard InChI is InChI=1S/C27H39BrFN5O2Si.C21H25BrFN5O2.C13H29NO2Si.C13H26O3Si.C13H28O2Si.C7H12O3.2C2H4O2.3CH4.Hg/c1-16-24-23(33-26(30)31-16)14-22(20-12-9-18(29)13-21(20)28)32-25(24)34-35-15-17-7-10-19(11-8-17)36-37(5,6)27(2,3)4;1-11-19-18(27-21(24)25-11)9-17(15-7-4-13(23)8-16(15)22)26-20(19)28-30-10-12-2-5-14(29)6-3-12;1-13(2,3)17(4,5)16-12-8-6-11(7-9-12)10-15-14;1-13(2,3)17(4,5)16-11-8-6-10(7-9-11)12(14)15;1-13(2,3)16(4,5)15-12-8-6-11(10-14)7-9-12;8-6-3-1-5(2-4-6)7(9)10;2*1-2(3)4;;;;/h9,12-13,17,19,22H,7-8,10-11,14-15H2,1-6H3,(H,32,34)(H2,30,31,33);4,7-8,12,14,17,29H,2-3,5-6,9-10H2,1H3,(H,26,28)(H2,24,25,27);11-12H,6-10,14H2,1-5H3;10-11H,6-9H2,1-5H3,(H,14,15);11-12,14H,6-10H2,1-5H3;5-6,8H,1-4H2,(H,9,10);2*1H3,(H,3,4);3*1H4;/q;;;;;;;;;;;+2/p-2/t17?,19?,22-;12?,14?,17-;;;;;;;;;;/m11........../s1. The molecule has 0 radical (unpaired) electrons. The number of aliphatic hydroxyl groups excluding tert-OH is 3. The first-order valence-electron chi connectivity index (χ1n) is 49.0. The Hall–Kier alpha value is -4.80. The Morgan fingerprint density at radius 1 is 0.446 bits per heavy atom. The quantitative estimate of drug-likeness (QED) is 0.0243. The van der Waals surface area contributed by atoms with Gasteiger partial charge in [-0.25, -0.2) is 45.6 Å². The molecule has 2 atom stereocenters. The fourth-order valence-electron chi connectivity index (χ4n) is 16.7. The Balaban J connectivity index is 0.000000438. The normalized spacial score (nSPS) is 23.8. The molecule has 790 valence electrons. The first-order chi connectivity index (χ1) is 63.2. The molecule has 29 nitrogen and oxygen atoms in total. The van der Waals surface area contributed by atoms with Gasteiger partial charge in [-0.1, -0.05) is 149 Å². The third-order valence-corrected chi connectivity index (χ3v) is 52.8. The van der Waals surface area contributed by atoms with E-state index in [1.54, 1.807) is 12.1 Å². The Labute approximate surface area is 865 Å². The summed E-state index contributed by atoms with van der Waals surface area (Å²) in [7, 11) is -6.62. The van der Waals surface area contributed by atoms with Gasteiger partial charge in [-0.05, 0) is 300 Å². The van der Waals surface area contributed by atoms with E-state index in [0.29, 0.717) is 138 Å². The summed E-state index contributed by atoms with van der Waals surface area (Å²) in [6.45, 7) is 54.4. The molecule has 12 rings (SSSR count). The van der Waals surface area contributed by atoms with E-state index in [4.69, 9.17) is 80.0 Å². The van der Waals surface area contributed by atoms with Gasteiger partial charge in [0.25, 0.3) is 0 Å². The van der Waals surface area contributed by atoms with Crippen molar-refractivity contribution in [3.05, 3.63) is 102 Å². The SMILES string of the molecule is C.C.C.CC(=O)[O][Hg][O]C(C)=O.CC(C)(C)[Si](C)(C)OC1CCC(C(=O)O)CC1.CC(C)(C)[Si](C)(C)OC1CCC(CO)CC1.CC(C)(C)[Si](C)(C)OC1CCC(CON)CC1.Cc1nc(N)nc2c1C(NOCC1CCC(O)CC1)=N[C@@H](c1ccc(F)cc1Br)C2.Cc1nc(N)nc2c1C(NOCC1CCC(O[Si](C)(C)C(C)(C)C)CC1)=N[C@@H](c1ccc(F)cc1Br)C2.O=C(O)C1CCC(O)CC1. The molecule has 0 amide bonds. The van der Waals surface area contributed by atoms with Crippen LogP contribution in [0.25, 0.3) is 0 Å². The molecule has 0 unspecified atom stereocenters. The second-order valence-corrected chi connectivity index (χ2v) is 68.1. The van der Waals surface area contributed by atoms with E-state index in [1.165, 1.54) is 63.8 Å². The Bertz CT molecular complexity index is 4470. The van der Waals surface area contributed by atoms with Crippen molar-refractivity contribution >= 4 is 113 Å². The number of aryl methyl sites for hydroxylation is 2. The second kappa shape index (κ2) is 58.7. The maximum atomic E-state index is 13.7. The number of hydroxylamine groups is 2. The van der Waals surface area contributed by atoms with E-state index < -0.39 is 70.7 Å². The number of anilines is 2. The zero-order valence-corrected chi connectivity index (χ0v) is 98.6. The summed E-state index contributed by atoms with van der Waals surface area (Å²) in [5, 5.41) is 46.4. The number of carbonyl (C=O) groups is 4. The van der Waals surface area contributed by atoms with E-state index in [-0.39, 0.29) is 110 Å². The number of nitrogen functional groups attached to an aromatic ring is 2. The van der Waals surface area contributed by atoms with E-state index in [9.17, 15) is 33.1 Å². The van der Waals surface area contributed by atoms with Crippen molar-refractivity contribution in [2.75, 3.05) is 37.9 Å². The number of benzene rings is 2. The maximum Gasteiger partial charge on any atom is 0.306 e. The Morgan fingerprint density at radius 3 is 0.993 bits per heavy atom. The number of nitrogens with zero attached hydrogens (tertiary/aromatic N) is 6. The van der Waals surface area contributed by atoms with Crippen LogP contribution in [-0.2, 0) is 95.0 Å².